The lowest BCUT2D eigenvalue weighted by atomic mass is 10.2. The first-order chi connectivity index (χ1) is 15.4. The van der Waals surface area contributed by atoms with E-state index in [9.17, 15) is 8.42 Å². The lowest BCUT2D eigenvalue weighted by molar-refractivity contribution is 0.272. The van der Waals surface area contributed by atoms with E-state index in [0.717, 1.165) is 29.7 Å². The molecule has 0 unspecified atom stereocenters. The minimum absolute atomic E-state index is 0.117. The molecule has 0 fully saturated rings. The van der Waals surface area contributed by atoms with Gasteiger partial charge in [-0.2, -0.15) is 0 Å². The highest BCUT2D eigenvalue weighted by atomic mass is 35.5. The van der Waals surface area contributed by atoms with Crippen molar-refractivity contribution in [2.75, 3.05) is 43.0 Å². The summed E-state index contributed by atoms with van der Waals surface area (Å²) in [5.74, 6) is 0.314. The number of anilines is 1. The lowest BCUT2D eigenvalue weighted by Gasteiger charge is -2.17. The highest BCUT2D eigenvalue weighted by molar-refractivity contribution is 7.91. The van der Waals surface area contributed by atoms with Gasteiger partial charge in [0.1, 0.15) is 0 Å². The van der Waals surface area contributed by atoms with Crippen molar-refractivity contribution in [2.45, 2.75) is 13.8 Å². The Morgan fingerprint density at radius 1 is 0.971 bits per heavy atom. The van der Waals surface area contributed by atoms with Crippen LogP contribution in [-0.2, 0) is 19.0 Å². The summed E-state index contributed by atoms with van der Waals surface area (Å²) in [6, 6.07) is 7.33. The van der Waals surface area contributed by atoms with Gasteiger partial charge in [0.2, 0.25) is 0 Å². The van der Waals surface area contributed by atoms with Gasteiger partial charge in [-0.25, -0.2) is 17.5 Å². The van der Waals surface area contributed by atoms with Crippen LogP contribution in [0, 0.1) is 0 Å². The van der Waals surface area contributed by atoms with Crippen LogP contribution in [0.4, 0.5) is 5.69 Å². The van der Waals surface area contributed by atoms with Crippen molar-refractivity contribution in [1.82, 2.24) is 9.88 Å². The Morgan fingerprint density at radius 3 is 2.00 bits per heavy atom. The summed E-state index contributed by atoms with van der Waals surface area (Å²) in [6.45, 7) is 6.79. The normalized spacial score (nSPS) is 11.9. The van der Waals surface area contributed by atoms with Gasteiger partial charge in [0.05, 0.1) is 17.0 Å². The van der Waals surface area contributed by atoms with Gasteiger partial charge in [-0.15, -0.1) is 0 Å². The second-order valence-corrected chi connectivity index (χ2v) is 11.4. The minimum Gasteiger partial charge on any atom is -0.383 e. The van der Waals surface area contributed by atoms with E-state index in [1.54, 1.807) is 18.3 Å². The summed E-state index contributed by atoms with van der Waals surface area (Å²) >= 11 is 5.98. The monoisotopic (exact) mass is 565 g/mol. The summed E-state index contributed by atoms with van der Waals surface area (Å²) in [5.41, 5.74) is 1.66. The maximum atomic E-state index is 12.2. The van der Waals surface area contributed by atoms with Gasteiger partial charge in [0, 0.05) is 35.4 Å². The predicted molar refractivity (Wildman–Crippen MR) is 130 cm³/mol. The molecule has 0 amide bonds. The van der Waals surface area contributed by atoms with E-state index in [2.05, 4.69) is 15.2 Å². The Kier molecular flexibility index (Phi) is 14.6. The molecule has 2 rings (SSSR count). The Morgan fingerprint density at radius 2 is 1.50 bits per heavy atom. The van der Waals surface area contributed by atoms with Gasteiger partial charge in [-0.1, -0.05) is 25.4 Å². The second kappa shape index (κ2) is 15.1. The van der Waals surface area contributed by atoms with Crippen molar-refractivity contribution in [3.8, 4) is 0 Å². The van der Waals surface area contributed by atoms with Crippen LogP contribution in [0.5, 0.6) is 0 Å². The Hall–Kier alpha value is -1.15. The molecule has 34 heavy (non-hydrogen) atoms. The fourth-order valence-corrected chi connectivity index (χ4v) is 3.85. The minimum atomic E-state index is -4.64. The molecule has 0 saturated heterocycles. The number of hydrogen-bond acceptors (Lipinski definition) is 7. The smallest absolute Gasteiger partial charge is 0.383 e. The fraction of sp³-hybridized carbons (Fsp3) is 0.471. The van der Waals surface area contributed by atoms with Crippen LogP contribution in [0.15, 0.2) is 30.5 Å². The molecule has 1 aromatic carbocycles. The molecule has 0 atom stereocenters. The first-order valence-electron chi connectivity index (χ1n) is 9.72. The van der Waals surface area contributed by atoms with Gasteiger partial charge >= 0.3 is 15.6 Å². The topological polar surface area (TPSA) is 218 Å². The van der Waals surface area contributed by atoms with Crippen molar-refractivity contribution in [1.29, 1.82) is 0 Å². The molecule has 0 spiro atoms. The molecule has 0 aliphatic rings. The Bertz CT molecular complexity index is 1050. The number of benzene rings is 1. The number of halogens is 1. The quantitative estimate of drug-likeness (QED) is 0.213. The number of phosphoric acid groups is 2. The van der Waals surface area contributed by atoms with E-state index < -0.39 is 25.5 Å². The van der Waals surface area contributed by atoms with Crippen molar-refractivity contribution < 1.29 is 46.9 Å². The third kappa shape index (κ3) is 18.2. The summed E-state index contributed by atoms with van der Waals surface area (Å²) in [6.07, 6.45) is 1.69. The SMILES string of the molecule is CCN(CC)CCS(=O)(=O)CCNc1ccnc2cc(Cl)ccc12.O=P(O)(O)O.O=P(O)(O)O. The highest BCUT2D eigenvalue weighted by Crippen LogP contribution is 2.26. The molecule has 0 saturated carbocycles. The largest absolute Gasteiger partial charge is 0.466 e. The average molecular weight is 566 g/mol. The van der Waals surface area contributed by atoms with Crippen LogP contribution >= 0.6 is 27.2 Å². The van der Waals surface area contributed by atoms with Gasteiger partial charge in [0.15, 0.2) is 9.84 Å². The third-order valence-corrected chi connectivity index (χ3v) is 5.91. The first-order valence-corrected chi connectivity index (χ1v) is 15.1. The standard InChI is InChI=1S/C17H24ClN3O2S.2H3O4P/c1-3-21(4-2)10-12-24(22,23)11-9-20-16-7-8-19-17-13-14(18)5-6-15(16)17;2*1-5(2,3)4/h5-8,13H,3-4,9-12H2,1-2H3,(H,19,20);2*(H3,1,2,3,4). The molecule has 0 aliphatic carbocycles. The molecule has 0 aliphatic heterocycles. The lowest BCUT2D eigenvalue weighted by Crippen LogP contribution is -2.30. The number of fused-ring (bicyclic) bond motifs is 1. The predicted octanol–water partition coefficient (Wildman–Crippen LogP) is 1.20. The van der Waals surface area contributed by atoms with Crippen LogP contribution in [0.25, 0.3) is 10.9 Å². The van der Waals surface area contributed by atoms with E-state index in [4.69, 9.17) is 50.1 Å². The molecule has 0 bridgehead atoms. The van der Waals surface area contributed by atoms with Crippen LogP contribution in [0.3, 0.4) is 0 Å². The van der Waals surface area contributed by atoms with E-state index in [1.165, 1.54) is 0 Å². The van der Waals surface area contributed by atoms with E-state index in [1.807, 2.05) is 26.0 Å². The zero-order valence-corrected chi connectivity index (χ0v) is 21.9. The average Bonchev–Trinajstić information content (AvgIpc) is 2.66. The molecular weight excluding hydrogens is 536 g/mol. The zero-order chi connectivity index (χ0) is 26.6. The zero-order valence-electron chi connectivity index (χ0n) is 18.5. The molecule has 2 aromatic rings. The van der Waals surface area contributed by atoms with E-state index >= 15 is 0 Å². The Balaban J connectivity index is 0.000000916. The van der Waals surface area contributed by atoms with Crippen molar-refractivity contribution in [2.24, 2.45) is 0 Å². The maximum absolute atomic E-state index is 12.2. The first kappa shape index (κ1) is 32.8. The van der Waals surface area contributed by atoms with Crippen molar-refractivity contribution >= 4 is 53.7 Å². The van der Waals surface area contributed by atoms with Crippen molar-refractivity contribution in [3.05, 3.63) is 35.5 Å². The summed E-state index contributed by atoms with van der Waals surface area (Å²) in [5, 5.41) is 4.77. The number of nitrogens with one attached hydrogen (secondary N) is 1. The van der Waals surface area contributed by atoms with Gasteiger partial charge in [0.25, 0.3) is 0 Å². The number of rotatable bonds is 9. The summed E-state index contributed by atoms with van der Waals surface area (Å²) in [7, 11) is -12.3. The van der Waals surface area contributed by atoms with Crippen LogP contribution in [0.1, 0.15) is 13.8 Å². The summed E-state index contributed by atoms with van der Waals surface area (Å²) < 4.78 is 42.1. The number of nitrogens with zero attached hydrogens (tertiary/aromatic N) is 2. The third-order valence-electron chi connectivity index (χ3n) is 4.05. The Labute approximate surface area is 202 Å². The van der Waals surface area contributed by atoms with Crippen molar-refractivity contribution in [3.63, 3.8) is 0 Å². The van der Waals surface area contributed by atoms with Crippen LogP contribution in [0.2, 0.25) is 5.02 Å². The van der Waals surface area contributed by atoms with E-state index in [0.29, 0.717) is 18.1 Å². The molecule has 196 valence electrons. The van der Waals surface area contributed by atoms with Crippen LogP contribution in [-0.4, -0.2) is 85.3 Å². The highest BCUT2D eigenvalue weighted by Gasteiger charge is 2.13. The number of pyridine rings is 1. The molecule has 17 heteroatoms. The maximum Gasteiger partial charge on any atom is 0.466 e. The molecule has 0 radical (unpaired) electrons. The molecule has 1 heterocycles. The van der Waals surface area contributed by atoms with Gasteiger partial charge < -0.3 is 39.6 Å². The molecule has 7 N–H and O–H groups in total. The number of aromatic nitrogens is 1. The number of hydrogen-bond donors (Lipinski definition) is 7. The van der Waals surface area contributed by atoms with Gasteiger partial charge in [-0.3, -0.25) is 4.98 Å². The summed E-state index contributed by atoms with van der Waals surface area (Å²) in [4.78, 5) is 49.5. The second-order valence-electron chi connectivity index (χ2n) is 6.65. The molecular formula is C17H30ClN3O10P2S. The fourth-order valence-electron chi connectivity index (χ4n) is 2.53. The molecule has 13 nitrogen and oxygen atoms in total. The van der Waals surface area contributed by atoms with Gasteiger partial charge in [-0.05, 0) is 37.4 Å². The molecule has 1 aromatic heterocycles. The van der Waals surface area contributed by atoms with Crippen LogP contribution < -0.4 is 5.32 Å². The number of sulfone groups is 1. The van der Waals surface area contributed by atoms with E-state index in [-0.39, 0.29) is 11.5 Å².